The van der Waals surface area contributed by atoms with Crippen molar-refractivity contribution in [1.82, 2.24) is 0 Å². The van der Waals surface area contributed by atoms with Crippen molar-refractivity contribution in [2.75, 3.05) is 10.6 Å². The second kappa shape index (κ2) is 7.56. The van der Waals surface area contributed by atoms with E-state index in [1.807, 2.05) is 0 Å². The van der Waals surface area contributed by atoms with Gasteiger partial charge in [-0.25, -0.2) is 8.78 Å². The maximum absolute atomic E-state index is 13.5. The molecule has 2 N–H and O–H groups in total. The molecule has 0 bridgehead atoms. The zero-order valence-electron chi connectivity index (χ0n) is 13.6. The zero-order chi connectivity index (χ0) is 20.4. The Labute approximate surface area is 149 Å². The summed E-state index contributed by atoms with van der Waals surface area (Å²) in [5.41, 5.74) is -2.90. The van der Waals surface area contributed by atoms with Crippen molar-refractivity contribution in [2.24, 2.45) is 0 Å². The summed E-state index contributed by atoms with van der Waals surface area (Å²) in [6.45, 7) is 1.24. The molecule has 2 aromatic rings. The molecule has 2 aromatic carbocycles. The minimum absolute atomic E-state index is 0.333. The molecule has 0 unspecified atom stereocenters. The summed E-state index contributed by atoms with van der Waals surface area (Å²) >= 11 is 0. The number of nitro groups is 1. The summed E-state index contributed by atoms with van der Waals surface area (Å²) in [6, 6.07) is 2.93. The summed E-state index contributed by atoms with van der Waals surface area (Å²) in [4.78, 5) is 22.1. The molecule has 0 heterocycles. The van der Waals surface area contributed by atoms with Gasteiger partial charge in [0.25, 0.3) is 5.69 Å². The average molecular weight is 389 g/mol. The molecule has 1 amide bonds. The van der Waals surface area contributed by atoms with Crippen molar-refractivity contribution in [3.63, 3.8) is 0 Å². The Kier molecular flexibility index (Phi) is 5.62. The number of anilines is 2. The lowest BCUT2D eigenvalue weighted by Crippen LogP contribution is -2.32. The summed E-state index contributed by atoms with van der Waals surface area (Å²) in [6.07, 6.45) is -4.78. The van der Waals surface area contributed by atoms with Crippen molar-refractivity contribution >= 4 is 23.0 Å². The highest BCUT2D eigenvalue weighted by atomic mass is 19.4. The van der Waals surface area contributed by atoms with Crippen LogP contribution >= 0.6 is 0 Å². The largest absolute Gasteiger partial charge is 0.416 e. The Morgan fingerprint density at radius 1 is 1.11 bits per heavy atom. The van der Waals surface area contributed by atoms with Gasteiger partial charge in [0.2, 0.25) is 5.91 Å². The third-order valence-electron chi connectivity index (χ3n) is 3.47. The van der Waals surface area contributed by atoms with Crippen molar-refractivity contribution in [1.29, 1.82) is 0 Å². The first-order chi connectivity index (χ1) is 12.5. The van der Waals surface area contributed by atoms with Crippen LogP contribution < -0.4 is 10.6 Å². The quantitative estimate of drug-likeness (QED) is 0.453. The van der Waals surface area contributed by atoms with Gasteiger partial charge < -0.3 is 10.6 Å². The number of nitro benzene ring substituents is 1. The molecule has 0 saturated carbocycles. The second-order valence-electron chi connectivity index (χ2n) is 5.47. The predicted octanol–water partition coefficient (Wildman–Crippen LogP) is 4.33. The van der Waals surface area contributed by atoms with Crippen LogP contribution in [0.15, 0.2) is 36.4 Å². The molecule has 0 aromatic heterocycles. The van der Waals surface area contributed by atoms with Crippen LogP contribution in [0.1, 0.15) is 12.5 Å². The molecule has 0 saturated heterocycles. The molecular weight excluding hydrogens is 377 g/mol. The second-order valence-corrected chi connectivity index (χ2v) is 5.47. The van der Waals surface area contributed by atoms with E-state index in [0.717, 1.165) is 24.3 Å². The minimum Gasteiger partial charge on any atom is -0.368 e. The molecule has 27 heavy (non-hydrogen) atoms. The van der Waals surface area contributed by atoms with Crippen LogP contribution in [0.3, 0.4) is 0 Å². The van der Waals surface area contributed by atoms with E-state index in [9.17, 15) is 36.9 Å². The predicted molar refractivity (Wildman–Crippen MR) is 86.2 cm³/mol. The molecule has 0 radical (unpaired) electrons. The normalized spacial score (nSPS) is 12.4. The maximum Gasteiger partial charge on any atom is 0.416 e. The van der Waals surface area contributed by atoms with Gasteiger partial charge in [0, 0.05) is 12.1 Å². The Balaban J connectivity index is 2.21. The van der Waals surface area contributed by atoms with E-state index < -0.39 is 51.6 Å². The van der Waals surface area contributed by atoms with Gasteiger partial charge in [0.05, 0.1) is 16.2 Å². The summed E-state index contributed by atoms with van der Waals surface area (Å²) < 4.78 is 64.7. The molecule has 0 aliphatic carbocycles. The first kappa shape index (κ1) is 20.1. The monoisotopic (exact) mass is 389 g/mol. The topological polar surface area (TPSA) is 84.3 Å². The van der Waals surface area contributed by atoms with Crippen LogP contribution in [0, 0.1) is 21.7 Å². The molecular formula is C16H12F5N3O3. The first-order valence-corrected chi connectivity index (χ1v) is 7.37. The van der Waals surface area contributed by atoms with E-state index in [-0.39, 0.29) is 5.69 Å². The SMILES string of the molecule is C[C@H](Nc1ccc(C(F)(F)F)cc1[N+](=O)[O-])C(=O)Nc1cc(F)ccc1F. The van der Waals surface area contributed by atoms with Crippen LogP contribution in [-0.2, 0) is 11.0 Å². The summed E-state index contributed by atoms with van der Waals surface area (Å²) in [7, 11) is 0. The van der Waals surface area contributed by atoms with Gasteiger partial charge in [-0.05, 0) is 31.2 Å². The molecule has 2 rings (SSSR count). The number of carbonyl (C=O) groups is 1. The first-order valence-electron chi connectivity index (χ1n) is 7.37. The van der Waals surface area contributed by atoms with E-state index in [1.165, 1.54) is 6.92 Å². The van der Waals surface area contributed by atoms with Crippen molar-refractivity contribution in [3.05, 3.63) is 63.7 Å². The van der Waals surface area contributed by atoms with Gasteiger partial charge in [0.1, 0.15) is 23.4 Å². The molecule has 1 atom stereocenters. The molecule has 6 nitrogen and oxygen atoms in total. The number of nitrogens with zero attached hydrogens (tertiary/aromatic N) is 1. The Morgan fingerprint density at radius 2 is 1.78 bits per heavy atom. The number of amides is 1. The number of nitrogens with one attached hydrogen (secondary N) is 2. The number of benzene rings is 2. The highest BCUT2D eigenvalue weighted by molar-refractivity contribution is 5.96. The van der Waals surface area contributed by atoms with Crippen molar-refractivity contribution in [2.45, 2.75) is 19.1 Å². The fourth-order valence-electron chi connectivity index (χ4n) is 2.11. The minimum atomic E-state index is -4.78. The van der Waals surface area contributed by atoms with Crippen LogP contribution in [0.25, 0.3) is 0 Å². The third-order valence-corrected chi connectivity index (χ3v) is 3.47. The fourth-order valence-corrected chi connectivity index (χ4v) is 2.11. The molecule has 0 aliphatic heterocycles. The third kappa shape index (κ3) is 4.90. The Morgan fingerprint density at radius 3 is 2.37 bits per heavy atom. The fraction of sp³-hybridized carbons (Fsp3) is 0.188. The highest BCUT2D eigenvalue weighted by Crippen LogP contribution is 2.35. The number of halogens is 5. The van der Waals surface area contributed by atoms with Gasteiger partial charge in [-0.3, -0.25) is 14.9 Å². The summed E-state index contributed by atoms with van der Waals surface area (Å²) in [5, 5.41) is 15.5. The lowest BCUT2D eigenvalue weighted by atomic mass is 10.1. The Bertz CT molecular complexity index is 886. The van der Waals surface area contributed by atoms with E-state index in [2.05, 4.69) is 10.6 Å². The molecule has 0 spiro atoms. The van der Waals surface area contributed by atoms with Gasteiger partial charge in [-0.15, -0.1) is 0 Å². The average Bonchev–Trinajstić information content (AvgIpc) is 2.57. The lowest BCUT2D eigenvalue weighted by molar-refractivity contribution is -0.384. The molecule has 144 valence electrons. The summed E-state index contributed by atoms with van der Waals surface area (Å²) in [5.74, 6) is -2.59. The van der Waals surface area contributed by atoms with E-state index >= 15 is 0 Å². The standard InChI is InChI=1S/C16H12F5N3O3/c1-8(15(25)23-13-7-10(17)3-4-11(13)18)22-12-5-2-9(16(19,20)21)6-14(12)24(26)27/h2-8,22H,1H3,(H,23,25)/t8-/m0/s1. The van der Waals surface area contributed by atoms with Gasteiger partial charge >= 0.3 is 6.18 Å². The number of hydrogen-bond donors (Lipinski definition) is 2. The van der Waals surface area contributed by atoms with Crippen LogP contribution in [0.4, 0.5) is 39.0 Å². The molecule has 0 aliphatic rings. The van der Waals surface area contributed by atoms with Gasteiger partial charge in [0.15, 0.2) is 0 Å². The van der Waals surface area contributed by atoms with Gasteiger partial charge in [-0.1, -0.05) is 0 Å². The van der Waals surface area contributed by atoms with E-state index in [4.69, 9.17) is 0 Å². The maximum atomic E-state index is 13.5. The van der Waals surface area contributed by atoms with Crippen LogP contribution in [-0.4, -0.2) is 16.9 Å². The van der Waals surface area contributed by atoms with E-state index in [1.54, 1.807) is 0 Å². The van der Waals surface area contributed by atoms with E-state index in [0.29, 0.717) is 12.1 Å². The van der Waals surface area contributed by atoms with Crippen molar-refractivity contribution in [3.8, 4) is 0 Å². The lowest BCUT2D eigenvalue weighted by Gasteiger charge is -2.16. The zero-order valence-corrected chi connectivity index (χ0v) is 13.6. The Hall–Kier alpha value is -3.24. The number of hydrogen-bond acceptors (Lipinski definition) is 4. The van der Waals surface area contributed by atoms with Crippen LogP contribution in [0.2, 0.25) is 0 Å². The van der Waals surface area contributed by atoms with Crippen molar-refractivity contribution < 1.29 is 31.7 Å². The molecule has 0 fully saturated rings. The number of rotatable bonds is 5. The smallest absolute Gasteiger partial charge is 0.368 e. The molecule has 11 heteroatoms. The number of carbonyl (C=O) groups excluding carboxylic acids is 1. The van der Waals surface area contributed by atoms with Crippen LogP contribution in [0.5, 0.6) is 0 Å². The van der Waals surface area contributed by atoms with Gasteiger partial charge in [-0.2, -0.15) is 13.2 Å². The number of alkyl halides is 3. The highest BCUT2D eigenvalue weighted by Gasteiger charge is 2.33.